The average molecular weight is 377 g/mol. The molecule has 28 heavy (non-hydrogen) atoms. The quantitative estimate of drug-likeness (QED) is 0.477. The molecular formula is C21H19N3O4. The van der Waals surface area contributed by atoms with E-state index in [1.54, 1.807) is 31.2 Å². The Morgan fingerprint density at radius 2 is 1.50 bits per heavy atom. The fourth-order valence-corrected chi connectivity index (χ4v) is 2.37. The number of anilines is 1. The Labute approximate surface area is 161 Å². The number of aryl methyl sites for hydroxylation is 1. The number of hydrogen-bond donors (Lipinski definition) is 0. The number of ether oxygens (including phenoxy) is 1. The van der Waals surface area contributed by atoms with Gasteiger partial charge in [-0.15, -0.1) is 0 Å². The van der Waals surface area contributed by atoms with Crippen LogP contribution in [-0.2, 0) is 0 Å². The SMILES string of the molecule is Cc1occc(=O)c1OC(=O)c1ccc(/N=N/c2ccc(N(C)C)cc2)cc1. The van der Waals surface area contributed by atoms with Crippen molar-refractivity contribution in [3.8, 4) is 5.75 Å². The third kappa shape index (κ3) is 4.50. The number of azo groups is 1. The maximum atomic E-state index is 12.2. The highest BCUT2D eigenvalue weighted by Gasteiger charge is 2.14. The minimum Gasteiger partial charge on any atom is -0.465 e. The summed E-state index contributed by atoms with van der Waals surface area (Å²) in [4.78, 5) is 26.0. The van der Waals surface area contributed by atoms with Crippen LogP contribution < -0.4 is 15.1 Å². The summed E-state index contributed by atoms with van der Waals surface area (Å²) >= 11 is 0. The maximum Gasteiger partial charge on any atom is 0.343 e. The summed E-state index contributed by atoms with van der Waals surface area (Å²) < 4.78 is 10.2. The van der Waals surface area contributed by atoms with Crippen LogP contribution in [0.3, 0.4) is 0 Å². The van der Waals surface area contributed by atoms with Gasteiger partial charge in [0, 0.05) is 25.8 Å². The van der Waals surface area contributed by atoms with Crippen molar-refractivity contribution in [3.63, 3.8) is 0 Å². The van der Waals surface area contributed by atoms with Crippen LogP contribution in [0.15, 0.2) is 80.3 Å². The number of nitrogens with zero attached hydrogens (tertiary/aromatic N) is 3. The molecule has 0 atom stereocenters. The summed E-state index contributed by atoms with van der Waals surface area (Å²) in [6.45, 7) is 1.55. The fraction of sp³-hybridized carbons (Fsp3) is 0.143. The molecule has 7 heteroatoms. The largest absolute Gasteiger partial charge is 0.465 e. The van der Waals surface area contributed by atoms with Gasteiger partial charge >= 0.3 is 5.97 Å². The van der Waals surface area contributed by atoms with E-state index < -0.39 is 11.4 Å². The summed E-state index contributed by atoms with van der Waals surface area (Å²) in [5, 5.41) is 8.34. The molecule has 3 rings (SSSR count). The Bertz CT molecular complexity index is 1050. The molecular weight excluding hydrogens is 358 g/mol. The molecule has 3 aromatic rings. The Kier molecular flexibility index (Phi) is 5.64. The summed E-state index contributed by atoms with van der Waals surface area (Å²) in [6, 6.07) is 15.3. The van der Waals surface area contributed by atoms with E-state index in [0.717, 1.165) is 11.4 Å². The monoisotopic (exact) mass is 377 g/mol. The van der Waals surface area contributed by atoms with Crippen molar-refractivity contribution in [3.05, 3.63) is 82.4 Å². The van der Waals surface area contributed by atoms with Gasteiger partial charge in [-0.2, -0.15) is 10.2 Å². The van der Waals surface area contributed by atoms with Crippen LogP contribution in [0.1, 0.15) is 16.1 Å². The predicted octanol–water partition coefficient (Wildman–Crippen LogP) is 4.65. The number of carbonyl (C=O) groups excluding carboxylic acids is 1. The normalized spacial score (nSPS) is 10.8. The summed E-state index contributed by atoms with van der Waals surface area (Å²) in [6.07, 6.45) is 1.25. The number of hydrogen-bond acceptors (Lipinski definition) is 7. The van der Waals surface area contributed by atoms with Crippen molar-refractivity contribution >= 4 is 23.0 Å². The summed E-state index contributed by atoms with van der Waals surface area (Å²) in [5.41, 5.74) is 2.26. The van der Waals surface area contributed by atoms with Crippen molar-refractivity contribution in [2.45, 2.75) is 6.92 Å². The third-order valence-electron chi connectivity index (χ3n) is 3.95. The fourth-order valence-electron chi connectivity index (χ4n) is 2.37. The van der Waals surface area contributed by atoms with Gasteiger partial charge in [-0.05, 0) is 55.5 Å². The smallest absolute Gasteiger partial charge is 0.343 e. The first-order chi connectivity index (χ1) is 13.4. The number of carbonyl (C=O) groups is 1. The molecule has 0 fully saturated rings. The zero-order valence-corrected chi connectivity index (χ0v) is 15.7. The molecule has 0 saturated heterocycles. The van der Waals surface area contributed by atoms with Crippen molar-refractivity contribution in [2.24, 2.45) is 10.2 Å². The predicted molar refractivity (Wildman–Crippen MR) is 106 cm³/mol. The van der Waals surface area contributed by atoms with E-state index in [2.05, 4.69) is 10.2 Å². The lowest BCUT2D eigenvalue weighted by molar-refractivity contribution is 0.0727. The van der Waals surface area contributed by atoms with Gasteiger partial charge in [0.2, 0.25) is 11.2 Å². The van der Waals surface area contributed by atoms with E-state index in [1.165, 1.54) is 12.3 Å². The Morgan fingerprint density at radius 3 is 2.04 bits per heavy atom. The minimum atomic E-state index is -0.649. The number of rotatable bonds is 5. The van der Waals surface area contributed by atoms with Crippen LogP contribution in [0.2, 0.25) is 0 Å². The lowest BCUT2D eigenvalue weighted by Gasteiger charge is -2.11. The lowest BCUT2D eigenvalue weighted by atomic mass is 10.2. The molecule has 0 amide bonds. The second kappa shape index (κ2) is 8.30. The van der Waals surface area contributed by atoms with Crippen molar-refractivity contribution in [2.75, 3.05) is 19.0 Å². The average Bonchev–Trinajstić information content (AvgIpc) is 2.70. The van der Waals surface area contributed by atoms with Crippen LogP contribution in [0, 0.1) is 6.92 Å². The summed E-state index contributed by atoms with van der Waals surface area (Å²) in [7, 11) is 3.93. The number of benzene rings is 2. The highest BCUT2D eigenvalue weighted by molar-refractivity contribution is 5.91. The highest BCUT2D eigenvalue weighted by Crippen LogP contribution is 2.22. The zero-order valence-electron chi connectivity index (χ0n) is 15.7. The van der Waals surface area contributed by atoms with Crippen molar-refractivity contribution in [1.82, 2.24) is 0 Å². The molecule has 1 aromatic heterocycles. The second-order valence-corrected chi connectivity index (χ2v) is 6.22. The molecule has 0 saturated carbocycles. The Balaban J connectivity index is 1.69. The molecule has 7 nitrogen and oxygen atoms in total. The van der Waals surface area contributed by atoms with Gasteiger partial charge in [0.05, 0.1) is 23.2 Å². The zero-order chi connectivity index (χ0) is 20.1. The first kappa shape index (κ1) is 19.0. The lowest BCUT2D eigenvalue weighted by Crippen LogP contribution is -2.15. The minimum absolute atomic E-state index is 0.113. The molecule has 0 unspecified atom stereocenters. The van der Waals surface area contributed by atoms with Crippen LogP contribution in [0.4, 0.5) is 17.1 Å². The van der Waals surface area contributed by atoms with Crippen LogP contribution in [0.25, 0.3) is 0 Å². The standard InChI is InChI=1S/C21H19N3O4/c1-14-20(19(25)12-13-27-14)28-21(26)15-4-6-16(7-5-15)22-23-17-8-10-18(11-9-17)24(2)3/h4-13H,1-3H3/b23-22+. The van der Waals surface area contributed by atoms with Gasteiger partial charge in [-0.3, -0.25) is 4.79 Å². The van der Waals surface area contributed by atoms with E-state index >= 15 is 0 Å². The van der Waals surface area contributed by atoms with Crippen molar-refractivity contribution < 1.29 is 13.9 Å². The molecule has 0 aliphatic carbocycles. The van der Waals surface area contributed by atoms with Gasteiger partial charge in [0.15, 0.2) is 0 Å². The van der Waals surface area contributed by atoms with Gasteiger partial charge < -0.3 is 14.1 Å². The molecule has 0 spiro atoms. The Morgan fingerprint density at radius 1 is 0.929 bits per heavy atom. The second-order valence-electron chi connectivity index (χ2n) is 6.22. The molecule has 0 aliphatic rings. The highest BCUT2D eigenvalue weighted by atomic mass is 16.5. The molecule has 0 aliphatic heterocycles. The summed E-state index contributed by atoms with van der Waals surface area (Å²) in [5.74, 6) is -0.520. The Hall–Kier alpha value is -3.74. The molecule has 2 aromatic carbocycles. The topological polar surface area (TPSA) is 84.5 Å². The third-order valence-corrected chi connectivity index (χ3v) is 3.95. The van der Waals surface area contributed by atoms with Crippen LogP contribution in [0.5, 0.6) is 5.75 Å². The van der Waals surface area contributed by atoms with E-state index in [-0.39, 0.29) is 17.1 Å². The molecule has 142 valence electrons. The van der Waals surface area contributed by atoms with Gasteiger partial charge in [0.1, 0.15) is 5.76 Å². The van der Waals surface area contributed by atoms with E-state index in [0.29, 0.717) is 5.69 Å². The molecule has 0 radical (unpaired) electrons. The van der Waals surface area contributed by atoms with Gasteiger partial charge in [0.25, 0.3) is 0 Å². The van der Waals surface area contributed by atoms with Crippen LogP contribution in [-0.4, -0.2) is 20.1 Å². The molecule has 0 N–H and O–H groups in total. The van der Waals surface area contributed by atoms with E-state index in [4.69, 9.17) is 9.15 Å². The number of esters is 1. The van der Waals surface area contributed by atoms with Gasteiger partial charge in [-0.25, -0.2) is 4.79 Å². The van der Waals surface area contributed by atoms with E-state index in [1.807, 2.05) is 43.3 Å². The molecule has 0 bridgehead atoms. The molecule has 1 heterocycles. The first-order valence-electron chi connectivity index (χ1n) is 8.54. The van der Waals surface area contributed by atoms with Gasteiger partial charge in [-0.1, -0.05) is 0 Å². The van der Waals surface area contributed by atoms with Crippen molar-refractivity contribution in [1.29, 1.82) is 0 Å². The van der Waals surface area contributed by atoms with E-state index in [9.17, 15) is 9.59 Å². The van der Waals surface area contributed by atoms with Crippen LogP contribution >= 0.6 is 0 Å². The maximum absolute atomic E-state index is 12.2. The first-order valence-corrected chi connectivity index (χ1v) is 8.54.